The summed E-state index contributed by atoms with van der Waals surface area (Å²) in [6, 6.07) is 0. The van der Waals surface area contributed by atoms with Crippen molar-refractivity contribution in [3.05, 3.63) is 0 Å². The first-order chi connectivity index (χ1) is 8.15. The monoisotopic (exact) mass is 314 g/mol. The zero-order chi connectivity index (χ0) is 13.6. The van der Waals surface area contributed by atoms with Crippen LogP contribution in [0, 0.1) is 10.8 Å². The molecule has 2 fully saturated rings. The first-order valence-electron chi connectivity index (χ1n) is 5.84. The third-order valence-corrected chi connectivity index (χ3v) is 4.51. The van der Waals surface area contributed by atoms with Gasteiger partial charge in [-0.1, -0.05) is 48.7 Å². The van der Waals surface area contributed by atoms with Gasteiger partial charge in [-0.2, -0.15) is 0 Å². The molecule has 2 aliphatic rings. The highest BCUT2D eigenvalue weighted by molar-refractivity contribution is 6.67. The Morgan fingerprint density at radius 1 is 1.28 bits per heavy atom. The second-order valence-electron chi connectivity index (χ2n) is 5.75. The maximum atomic E-state index is 11.9. The van der Waals surface area contributed by atoms with Crippen molar-refractivity contribution in [2.24, 2.45) is 10.8 Å². The molecule has 4 nitrogen and oxygen atoms in total. The van der Waals surface area contributed by atoms with E-state index in [1.54, 1.807) is 4.90 Å². The number of carbonyl (C=O) groups is 1. The predicted molar refractivity (Wildman–Crippen MR) is 72.3 cm³/mol. The van der Waals surface area contributed by atoms with E-state index < -0.39 is 9.89 Å². The molecule has 0 radical (unpaired) electrons. The summed E-state index contributed by atoms with van der Waals surface area (Å²) in [5, 5.41) is 3.38. The molecular weight excluding hydrogens is 298 g/mol. The molecule has 0 bridgehead atoms. The Kier molecular flexibility index (Phi) is 3.69. The van der Waals surface area contributed by atoms with Crippen LogP contribution in [-0.2, 0) is 4.74 Å². The number of fused-ring (bicyclic) bond motifs is 1. The van der Waals surface area contributed by atoms with Gasteiger partial charge in [0.05, 0.1) is 0 Å². The number of likely N-dealkylation sites (tertiary alicyclic amines) is 1. The minimum Gasteiger partial charge on any atom is -0.445 e. The van der Waals surface area contributed by atoms with E-state index in [1.807, 2.05) is 0 Å². The predicted octanol–water partition coefficient (Wildman–Crippen LogP) is 2.42. The highest BCUT2D eigenvalue weighted by atomic mass is 35.6. The number of hydrogen-bond donors (Lipinski definition) is 1. The van der Waals surface area contributed by atoms with E-state index in [9.17, 15) is 4.79 Å². The van der Waals surface area contributed by atoms with Gasteiger partial charge in [0.15, 0.2) is 0 Å². The number of nitrogens with zero attached hydrogens (tertiary/aromatic N) is 1. The highest BCUT2D eigenvalue weighted by Crippen LogP contribution is 2.48. The zero-order valence-corrected chi connectivity index (χ0v) is 12.7. The molecule has 0 spiro atoms. The first kappa shape index (κ1) is 14.5. The molecule has 2 rings (SSSR count). The molecule has 2 aliphatic heterocycles. The number of hydrogen-bond acceptors (Lipinski definition) is 3. The lowest BCUT2D eigenvalue weighted by Crippen LogP contribution is -2.35. The fraction of sp³-hybridized carbons (Fsp3) is 0.909. The van der Waals surface area contributed by atoms with Gasteiger partial charge in [0.25, 0.3) is 0 Å². The van der Waals surface area contributed by atoms with Crippen molar-refractivity contribution >= 4 is 40.9 Å². The molecule has 0 saturated carbocycles. The fourth-order valence-corrected chi connectivity index (χ4v) is 2.96. The van der Waals surface area contributed by atoms with Gasteiger partial charge < -0.3 is 15.0 Å². The lowest BCUT2D eigenvalue weighted by molar-refractivity contribution is 0.107. The summed E-state index contributed by atoms with van der Waals surface area (Å²) in [5.74, 6) is 0. The number of ether oxygens (including phenoxy) is 1. The minimum atomic E-state index is -1.55. The molecule has 0 aromatic rings. The van der Waals surface area contributed by atoms with Crippen LogP contribution < -0.4 is 5.32 Å². The van der Waals surface area contributed by atoms with Gasteiger partial charge in [0.1, 0.15) is 6.61 Å². The number of rotatable bonds is 1. The topological polar surface area (TPSA) is 41.6 Å². The molecule has 2 saturated heterocycles. The number of carbonyl (C=O) groups excluding carboxylic acids is 1. The molecule has 0 aromatic heterocycles. The van der Waals surface area contributed by atoms with Crippen molar-refractivity contribution in [1.29, 1.82) is 0 Å². The lowest BCUT2D eigenvalue weighted by atomic mass is 9.71. The molecule has 1 amide bonds. The second kappa shape index (κ2) is 4.58. The van der Waals surface area contributed by atoms with Crippen molar-refractivity contribution in [2.45, 2.75) is 17.6 Å². The summed E-state index contributed by atoms with van der Waals surface area (Å²) in [6.07, 6.45) is -0.404. The molecule has 0 aromatic carbocycles. The van der Waals surface area contributed by atoms with Gasteiger partial charge in [0.2, 0.25) is 3.79 Å². The first-order valence-corrected chi connectivity index (χ1v) is 6.98. The molecule has 18 heavy (non-hydrogen) atoms. The Hall–Kier alpha value is 0.1000. The van der Waals surface area contributed by atoms with Crippen LogP contribution in [0.3, 0.4) is 0 Å². The molecule has 1 N–H and O–H groups in total. The Morgan fingerprint density at radius 2 is 1.78 bits per heavy atom. The average molecular weight is 316 g/mol. The molecule has 104 valence electrons. The Labute approximate surface area is 122 Å². The molecular formula is C11H17Cl3N2O2. The number of alkyl halides is 3. The molecule has 2 heterocycles. The van der Waals surface area contributed by atoms with E-state index in [4.69, 9.17) is 39.5 Å². The van der Waals surface area contributed by atoms with Crippen LogP contribution in [0.25, 0.3) is 0 Å². The van der Waals surface area contributed by atoms with Crippen molar-refractivity contribution < 1.29 is 9.53 Å². The van der Waals surface area contributed by atoms with Crippen LogP contribution in [-0.4, -0.2) is 47.6 Å². The zero-order valence-electron chi connectivity index (χ0n) is 10.4. The quantitative estimate of drug-likeness (QED) is 0.756. The Morgan fingerprint density at radius 3 is 2.22 bits per heavy atom. The van der Waals surface area contributed by atoms with Gasteiger partial charge in [-0.25, -0.2) is 4.79 Å². The molecule has 0 aliphatic carbocycles. The largest absolute Gasteiger partial charge is 0.445 e. The van der Waals surface area contributed by atoms with Crippen molar-refractivity contribution in [3.8, 4) is 0 Å². The second-order valence-corrected chi connectivity index (χ2v) is 8.27. The van der Waals surface area contributed by atoms with Crippen molar-refractivity contribution in [3.63, 3.8) is 0 Å². The van der Waals surface area contributed by atoms with E-state index in [2.05, 4.69) is 19.2 Å². The smallest absolute Gasteiger partial charge is 0.409 e. The van der Waals surface area contributed by atoms with Gasteiger partial charge in [-0.3, -0.25) is 0 Å². The van der Waals surface area contributed by atoms with Gasteiger partial charge in [-0.05, 0) is 0 Å². The third-order valence-electron chi connectivity index (χ3n) is 4.18. The van der Waals surface area contributed by atoms with Crippen LogP contribution in [0.5, 0.6) is 0 Å². The molecule has 0 unspecified atom stereocenters. The van der Waals surface area contributed by atoms with Gasteiger partial charge in [0, 0.05) is 37.0 Å². The summed E-state index contributed by atoms with van der Waals surface area (Å²) in [5.41, 5.74) is 0.179. The SMILES string of the molecule is C[C@@]12CNC[C@]1(C)CN(C(=O)OCC(Cl)(Cl)Cl)C2. The van der Waals surface area contributed by atoms with Gasteiger partial charge in [-0.15, -0.1) is 0 Å². The fourth-order valence-electron chi connectivity index (χ4n) is 2.80. The third kappa shape index (κ3) is 2.67. The van der Waals surface area contributed by atoms with Gasteiger partial charge >= 0.3 is 6.09 Å². The average Bonchev–Trinajstić information content (AvgIpc) is 2.62. The summed E-state index contributed by atoms with van der Waals surface area (Å²) < 4.78 is 3.46. The maximum Gasteiger partial charge on any atom is 0.409 e. The number of nitrogens with one attached hydrogen (secondary N) is 1. The normalized spacial score (nSPS) is 35.7. The van der Waals surface area contributed by atoms with E-state index in [1.165, 1.54) is 0 Å². The maximum absolute atomic E-state index is 11.9. The van der Waals surface area contributed by atoms with E-state index in [0.717, 1.165) is 13.1 Å². The molecule has 7 heteroatoms. The van der Waals surface area contributed by atoms with E-state index in [-0.39, 0.29) is 17.4 Å². The van der Waals surface area contributed by atoms with Crippen LogP contribution in [0.4, 0.5) is 4.79 Å². The lowest BCUT2D eigenvalue weighted by Gasteiger charge is -2.30. The summed E-state index contributed by atoms with van der Waals surface area (Å²) in [6.45, 7) is 7.34. The molecule has 2 atom stereocenters. The van der Waals surface area contributed by atoms with Crippen LogP contribution >= 0.6 is 34.8 Å². The minimum absolute atomic E-state index is 0.0893. The Balaban J connectivity index is 1.95. The van der Waals surface area contributed by atoms with Crippen LogP contribution in [0.15, 0.2) is 0 Å². The summed E-state index contributed by atoms with van der Waals surface area (Å²) in [4.78, 5) is 13.6. The summed E-state index contributed by atoms with van der Waals surface area (Å²) in [7, 11) is 0. The van der Waals surface area contributed by atoms with Crippen LogP contribution in [0.2, 0.25) is 0 Å². The Bertz CT molecular complexity index is 343. The van der Waals surface area contributed by atoms with E-state index in [0.29, 0.717) is 13.1 Å². The van der Waals surface area contributed by atoms with Crippen LogP contribution in [0.1, 0.15) is 13.8 Å². The van der Waals surface area contributed by atoms with E-state index >= 15 is 0 Å². The summed E-state index contributed by atoms with van der Waals surface area (Å²) >= 11 is 16.7. The van der Waals surface area contributed by atoms with Crippen molar-refractivity contribution in [1.82, 2.24) is 10.2 Å². The number of halogens is 3. The highest BCUT2D eigenvalue weighted by Gasteiger charge is 2.56. The van der Waals surface area contributed by atoms with Crippen molar-refractivity contribution in [2.75, 3.05) is 32.8 Å². The standard InChI is InChI=1S/C11H17Cl3N2O2/c1-9-3-15-4-10(9,2)6-16(5-9)8(17)18-7-11(12,13)14/h15H,3-7H2,1-2H3/t9-,10+. The number of amides is 1.